The Hall–Kier alpha value is -1.52. The highest BCUT2D eigenvalue weighted by molar-refractivity contribution is 5.88. The summed E-state index contributed by atoms with van der Waals surface area (Å²) in [6, 6.07) is 1.59. The van der Waals surface area contributed by atoms with Crippen LogP contribution in [-0.2, 0) is 7.05 Å². The quantitative estimate of drug-likeness (QED) is 0.784. The average molecular weight is 252 g/mol. The first-order chi connectivity index (χ1) is 8.65. The molecule has 102 valence electrons. The summed E-state index contributed by atoms with van der Waals surface area (Å²) >= 11 is 0. The number of carbonyl (C=O) groups is 1. The first-order valence-corrected chi connectivity index (χ1v) is 6.70. The van der Waals surface area contributed by atoms with E-state index in [0.29, 0.717) is 11.7 Å². The fourth-order valence-corrected chi connectivity index (χ4v) is 1.82. The van der Waals surface area contributed by atoms with Crippen LogP contribution in [0.25, 0.3) is 0 Å². The van der Waals surface area contributed by atoms with E-state index < -0.39 is 0 Å². The molecule has 0 bridgehead atoms. The van der Waals surface area contributed by atoms with Crippen LogP contribution in [-0.4, -0.2) is 22.4 Å². The molecular formula is C13H24N4O. The molecule has 1 aromatic rings. The number of carbonyl (C=O) groups excluding carboxylic acids is 1. The van der Waals surface area contributed by atoms with Crippen molar-refractivity contribution in [3.8, 4) is 0 Å². The molecular weight excluding hydrogens is 228 g/mol. The highest BCUT2D eigenvalue weighted by Gasteiger charge is 2.08. The number of unbranched alkanes of at least 4 members (excludes halogenated alkanes) is 1. The fourth-order valence-electron chi connectivity index (χ4n) is 1.82. The maximum atomic E-state index is 11.6. The van der Waals surface area contributed by atoms with Crippen LogP contribution in [0.5, 0.6) is 0 Å². The number of hydrogen-bond acceptors (Lipinski definition) is 2. The third kappa shape index (κ3) is 5.21. The van der Waals surface area contributed by atoms with E-state index in [2.05, 4.69) is 29.6 Å². The summed E-state index contributed by atoms with van der Waals surface area (Å²) in [7, 11) is 1.82. The molecule has 0 saturated heterocycles. The standard InChI is InChI=1S/C13H24N4O/c1-4-6-7-11(5-2)10-14-13(18)15-12-8-9-17(3)16-12/h8-9,11H,4-7,10H2,1-3H3,(H2,14,15,16,18). The van der Waals surface area contributed by atoms with Crippen molar-refractivity contribution in [1.82, 2.24) is 15.1 Å². The highest BCUT2D eigenvalue weighted by atomic mass is 16.2. The number of rotatable bonds is 7. The minimum atomic E-state index is -0.177. The summed E-state index contributed by atoms with van der Waals surface area (Å²) in [4.78, 5) is 11.6. The van der Waals surface area contributed by atoms with E-state index in [-0.39, 0.29) is 6.03 Å². The molecule has 0 aliphatic rings. The summed E-state index contributed by atoms with van der Waals surface area (Å²) in [6.45, 7) is 5.09. The van der Waals surface area contributed by atoms with E-state index in [4.69, 9.17) is 0 Å². The second-order valence-corrected chi connectivity index (χ2v) is 4.63. The maximum Gasteiger partial charge on any atom is 0.320 e. The van der Waals surface area contributed by atoms with E-state index >= 15 is 0 Å². The Labute approximate surface area is 109 Å². The molecule has 0 fully saturated rings. The van der Waals surface area contributed by atoms with Gasteiger partial charge in [-0.15, -0.1) is 0 Å². The van der Waals surface area contributed by atoms with Crippen molar-refractivity contribution in [1.29, 1.82) is 0 Å². The third-order valence-electron chi connectivity index (χ3n) is 3.05. The van der Waals surface area contributed by atoms with Crippen LogP contribution in [0.1, 0.15) is 39.5 Å². The van der Waals surface area contributed by atoms with Gasteiger partial charge in [-0.3, -0.25) is 10.00 Å². The molecule has 5 heteroatoms. The molecule has 0 spiro atoms. The molecule has 5 nitrogen and oxygen atoms in total. The van der Waals surface area contributed by atoms with Gasteiger partial charge in [0.15, 0.2) is 5.82 Å². The molecule has 18 heavy (non-hydrogen) atoms. The smallest absolute Gasteiger partial charge is 0.320 e. The van der Waals surface area contributed by atoms with Gasteiger partial charge in [0, 0.05) is 25.9 Å². The van der Waals surface area contributed by atoms with Gasteiger partial charge in [-0.2, -0.15) is 5.10 Å². The summed E-state index contributed by atoms with van der Waals surface area (Å²) in [5.74, 6) is 1.15. The molecule has 1 heterocycles. The van der Waals surface area contributed by atoms with E-state index in [0.717, 1.165) is 13.0 Å². The second kappa shape index (κ2) is 7.74. The third-order valence-corrected chi connectivity index (χ3v) is 3.05. The predicted octanol–water partition coefficient (Wildman–Crippen LogP) is 2.76. The van der Waals surface area contributed by atoms with Crippen LogP contribution in [0.2, 0.25) is 0 Å². The Morgan fingerprint density at radius 1 is 1.50 bits per heavy atom. The van der Waals surface area contributed by atoms with Gasteiger partial charge in [-0.05, 0) is 12.3 Å². The van der Waals surface area contributed by atoms with Crippen molar-refractivity contribution in [2.45, 2.75) is 39.5 Å². The van der Waals surface area contributed by atoms with Crippen LogP contribution < -0.4 is 10.6 Å². The number of aryl methyl sites for hydroxylation is 1. The van der Waals surface area contributed by atoms with Crippen molar-refractivity contribution in [2.24, 2.45) is 13.0 Å². The Morgan fingerprint density at radius 2 is 2.28 bits per heavy atom. The van der Waals surface area contributed by atoms with Gasteiger partial charge >= 0.3 is 6.03 Å². The molecule has 1 unspecified atom stereocenters. The van der Waals surface area contributed by atoms with Gasteiger partial charge in [0.1, 0.15) is 0 Å². The minimum absolute atomic E-state index is 0.177. The molecule has 0 aliphatic carbocycles. The Bertz CT molecular complexity index is 362. The van der Waals surface area contributed by atoms with Crippen molar-refractivity contribution in [3.05, 3.63) is 12.3 Å². The van der Waals surface area contributed by atoms with E-state index in [1.54, 1.807) is 16.9 Å². The Kier molecular flexibility index (Phi) is 6.25. The maximum absolute atomic E-state index is 11.6. The zero-order valence-electron chi connectivity index (χ0n) is 11.6. The van der Waals surface area contributed by atoms with Gasteiger partial charge in [0.25, 0.3) is 0 Å². The van der Waals surface area contributed by atoms with Crippen LogP contribution in [0.3, 0.4) is 0 Å². The minimum Gasteiger partial charge on any atom is -0.338 e. The molecule has 0 aromatic carbocycles. The van der Waals surface area contributed by atoms with Gasteiger partial charge in [-0.25, -0.2) is 4.79 Å². The van der Waals surface area contributed by atoms with Crippen molar-refractivity contribution >= 4 is 11.8 Å². The number of amides is 2. The summed E-state index contributed by atoms with van der Waals surface area (Å²) in [5, 5.41) is 9.71. The Morgan fingerprint density at radius 3 is 2.83 bits per heavy atom. The lowest BCUT2D eigenvalue weighted by molar-refractivity contribution is 0.249. The SMILES string of the molecule is CCCCC(CC)CNC(=O)Nc1ccn(C)n1. The van der Waals surface area contributed by atoms with E-state index in [1.165, 1.54) is 19.3 Å². The largest absolute Gasteiger partial charge is 0.338 e. The first kappa shape index (κ1) is 14.5. The average Bonchev–Trinajstić information content (AvgIpc) is 2.75. The molecule has 2 N–H and O–H groups in total. The predicted molar refractivity (Wildman–Crippen MR) is 73.5 cm³/mol. The second-order valence-electron chi connectivity index (χ2n) is 4.63. The topological polar surface area (TPSA) is 59.0 Å². The number of hydrogen-bond donors (Lipinski definition) is 2. The van der Waals surface area contributed by atoms with E-state index in [1.807, 2.05) is 7.05 Å². The van der Waals surface area contributed by atoms with Crippen LogP contribution in [0.4, 0.5) is 10.6 Å². The number of anilines is 1. The van der Waals surface area contributed by atoms with E-state index in [9.17, 15) is 4.79 Å². The number of aromatic nitrogens is 2. The molecule has 1 rings (SSSR count). The van der Waals surface area contributed by atoms with Crippen LogP contribution in [0.15, 0.2) is 12.3 Å². The fraction of sp³-hybridized carbons (Fsp3) is 0.692. The molecule has 0 saturated carbocycles. The summed E-state index contributed by atoms with van der Waals surface area (Å²) < 4.78 is 1.66. The highest BCUT2D eigenvalue weighted by Crippen LogP contribution is 2.11. The zero-order chi connectivity index (χ0) is 13.4. The molecule has 1 aromatic heterocycles. The van der Waals surface area contributed by atoms with Gasteiger partial charge in [0.2, 0.25) is 0 Å². The lowest BCUT2D eigenvalue weighted by Gasteiger charge is -2.15. The van der Waals surface area contributed by atoms with Gasteiger partial charge in [0.05, 0.1) is 0 Å². The number of nitrogens with zero attached hydrogens (tertiary/aromatic N) is 2. The normalized spacial score (nSPS) is 12.2. The summed E-state index contributed by atoms with van der Waals surface area (Å²) in [6.07, 6.45) is 6.51. The monoisotopic (exact) mass is 252 g/mol. The number of urea groups is 1. The van der Waals surface area contributed by atoms with Crippen molar-refractivity contribution < 1.29 is 4.79 Å². The van der Waals surface area contributed by atoms with Gasteiger partial charge < -0.3 is 5.32 Å². The van der Waals surface area contributed by atoms with Crippen molar-refractivity contribution in [2.75, 3.05) is 11.9 Å². The van der Waals surface area contributed by atoms with Crippen LogP contribution >= 0.6 is 0 Å². The zero-order valence-corrected chi connectivity index (χ0v) is 11.6. The van der Waals surface area contributed by atoms with Gasteiger partial charge in [-0.1, -0.05) is 33.1 Å². The molecule has 0 radical (unpaired) electrons. The van der Waals surface area contributed by atoms with Crippen molar-refractivity contribution in [3.63, 3.8) is 0 Å². The lowest BCUT2D eigenvalue weighted by atomic mass is 9.99. The molecule has 2 amide bonds. The molecule has 0 aliphatic heterocycles. The first-order valence-electron chi connectivity index (χ1n) is 6.70. The Balaban J connectivity index is 2.27. The summed E-state index contributed by atoms with van der Waals surface area (Å²) in [5.41, 5.74) is 0. The molecule has 1 atom stereocenters. The van der Waals surface area contributed by atoms with Crippen LogP contribution in [0, 0.1) is 5.92 Å². The lowest BCUT2D eigenvalue weighted by Crippen LogP contribution is -2.33. The number of nitrogens with one attached hydrogen (secondary N) is 2.